The van der Waals surface area contributed by atoms with Gasteiger partial charge < -0.3 is 5.48 Å². The molecule has 0 aromatic carbocycles. The molecule has 0 fully saturated rings. The summed E-state index contributed by atoms with van der Waals surface area (Å²) >= 11 is 0. The van der Waals surface area contributed by atoms with Crippen molar-refractivity contribution in [1.29, 1.82) is 0 Å². The van der Waals surface area contributed by atoms with Crippen LogP contribution in [0.2, 0.25) is 0 Å². The molecule has 0 bridgehead atoms. The molecule has 0 spiro atoms. The summed E-state index contributed by atoms with van der Waals surface area (Å²) in [6, 6.07) is 0. The Kier molecular flexibility index (Phi) is 461. The van der Waals surface area contributed by atoms with Crippen LogP contribution >= 0.6 is 0 Å². The van der Waals surface area contributed by atoms with E-state index >= 15 is 0 Å². The standard InChI is InChI=1S/Cr.Fe.Mn.Ni.O/q;;+2;;-2. The normalized spacial score (nSPS) is 0. The van der Waals surface area contributed by atoms with Gasteiger partial charge in [0.05, 0.1) is 0 Å². The summed E-state index contributed by atoms with van der Waals surface area (Å²) in [6.45, 7) is 0. The first-order valence-electron chi connectivity index (χ1n) is 0. The maximum absolute atomic E-state index is 0. The van der Waals surface area contributed by atoms with E-state index in [1.54, 1.807) is 0 Å². The molecule has 1 nitrogen and oxygen atoms in total. The summed E-state index contributed by atoms with van der Waals surface area (Å²) in [5, 5.41) is 0. The van der Waals surface area contributed by atoms with E-state index in [2.05, 4.69) is 0 Å². The topological polar surface area (TPSA) is 28.5 Å². The minimum Gasteiger partial charge on any atom is -2.00 e. The summed E-state index contributed by atoms with van der Waals surface area (Å²) in [7, 11) is 0. The molecule has 0 aliphatic heterocycles. The van der Waals surface area contributed by atoms with Gasteiger partial charge in [0.25, 0.3) is 0 Å². The summed E-state index contributed by atoms with van der Waals surface area (Å²) in [5.41, 5.74) is 0. The van der Waals surface area contributed by atoms with Crippen LogP contribution in [0.25, 0.3) is 0 Å². The van der Waals surface area contributed by atoms with Gasteiger partial charge >= 0.3 is 17.1 Å². The second kappa shape index (κ2) is 37.1. The SMILES string of the molecule is [Cr].[Fe].[Mn+2].[Ni].[O-2]. The van der Waals surface area contributed by atoms with Gasteiger partial charge in [0.2, 0.25) is 0 Å². The smallest absolute Gasteiger partial charge is 2.00 e. The molecule has 37 valence electrons. The van der Waals surface area contributed by atoms with Gasteiger partial charge in [-0.1, -0.05) is 0 Å². The molecule has 1 radical (unpaired) electrons. The van der Waals surface area contributed by atoms with Gasteiger partial charge in [0.1, 0.15) is 0 Å². The molecule has 0 atom stereocenters. The Bertz CT molecular complexity index is 11.6. The van der Waals surface area contributed by atoms with Crippen molar-refractivity contribution in [1.82, 2.24) is 0 Å². The third kappa shape index (κ3) is 23.8. The van der Waals surface area contributed by atoms with Gasteiger partial charge in [-0.25, -0.2) is 0 Å². The second-order valence-electron chi connectivity index (χ2n) is 0. The predicted octanol–water partition coefficient (Wildman–Crippen LogP) is -0.129. The van der Waals surface area contributed by atoms with Crippen LogP contribution < -0.4 is 0 Å². The molecule has 5 heavy (non-hydrogen) atoms. The van der Waals surface area contributed by atoms with Crippen molar-refractivity contribution in [2.24, 2.45) is 0 Å². The molecule has 0 aliphatic carbocycles. The summed E-state index contributed by atoms with van der Waals surface area (Å²) in [5.74, 6) is 0. The fourth-order valence-electron chi connectivity index (χ4n) is 0. The van der Waals surface area contributed by atoms with Crippen LogP contribution in [0.3, 0.4) is 0 Å². The number of rotatable bonds is 0. The largest absolute Gasteiger partial charge is 2.00 e. The van der Waals surface area contributed by atoms with Crippen LogP contribution in [-0.4, -0.2) is 0 Å². The average molecular weight is 237 g/mol. The van der Waals surface area contributed by atoms with Crippen molar-refractivity contribution in [2.75, 3.05) is 0 Å². The summed E-state index contributed by atoms with van der Waals surface area (Å²) in [4.78, 5) is 0. The van der Waals surface area contributed by atoms with Gasteiger partial charge in [-0.05, 0) is 0 Å². The average Bonchev–Trinajstić information content (AvgIpc) is 0. The number of hydrogen-bond acceptors (Lipinski definition) is 0. The summed E-state index contributed by atoms with van der Waals surface area (Å²) < 4.78 is 0. The Morgan fingerprint density at radius 2 is 1.00 bits per heavy atom. The Morgan fingerprint density at radius 1 is 1.00 bits per heavy atom. The fraction of sp³-hybridized carbons (Fsp3) is 0. The van der Waals surface area contributed by atoms with Crippen molar-refractivity contribution < 1.29 is 73.5 Å². The van der Waals surface area contributed by atoms with E-state index in [1.165, 1.54) is 0 Å². The molecule has 0 aromatic rings. The van der Waals surface area contributed by atoms with Crippen molar-refractivity contribution in [3.63, 3.8) is 0 Å². The third-order valence-electron chi connectivity index (χ3n) is 0. The van der Waals surface area contributed by atoms with Crippen molar-refractivity contribution in [2.45, 2.75) is 0 Å². The van der Waals surface area contributed by atoms with Gasteiger partial charge in [0, 0.05) is 50.9 Å². The molecule has 0 N–H and O–H groups in total. The van der Waals surface area contributed by atoms with E-state index in [1.807, 2.05) is 0 Å². The molecule has 0 aliphatic rings. The van der Waals surface area contributed by atoms with Crippen LogP contribution in [0.5, 0.6) is 0 Å². The molecule has 0 saturated carbocycles. The van der Waals surface area contributed by atoms with Crippen molar-refractivity contribution in [3.05, 3.63) is 0 Å². The van der Waals surface area contributed by atoms with Gasteiger partial charge in [-0.2, -0.15) is 0 Å². The molecule has 0 saturated heterocycles. The Labute approximate surface area is 73.0 Å². The number of hydrogen-bond donors (Lipinski definition) is 0. The van der Waals surface area contributed by atoms with Gasteiger partial charge in [0.15, 0.2) is 0 Å². The second-order valence-corrected chi connectivity index (χ2v) is 0. The molecular weight excluding hydrogens is 237 g/mol. The van der Waals surface area contributed by atoms with E-state index in [0.717, 1.165) is 0 Å². The first-order valence-corrected chi connectivity index (χ1v) is 0. The van der Waals surface area contributed by atoms with E-state index in [-0.39, 0.29) is 73.5 Å². The van der Waals surface area contributed by atoms with Crippen LogP contribution in [0.15, 0.2) is 0 Å². The zero-order valence-corrected chi connectivity index (χ0v) is 6.41. The zero-order valence-electron chi connectivity index (χ0n) is 1.86. The minimum absolute atomic E-state index is 0. The zero-order chi connectivity index (χ0) is 0. The van der Waals surface area contributed by atoms with E-state index in [4.69, 9.17) is 0 Å². The van der Waals surface area contributed by atoms with E-state index in [9.17, 15) is 0 Å². The Hall–Kier alpha value is 2.02. The summed E-state index contributed by atoms with van der Waals surface area (Å²) in [6.07, 6.45) is 0. The van der Waals surface area contributed by atoms with Gasteiger partial charge in [-0.15, -0.1) is 0 Å². The van der Waals surface area contributed by atoms with Gasteiger partial charge in [-0.3, -0.25) is 0 Å². The molecule has 0 heterocycles. The first-order chi connectivity index (χ1) is 0. The fourth-order valence-corrected chi connectivity index (χ4v) is 0. The first kappa shape index (κ1) is 62.2. The van der Waals surface area contributed by atoms with Crippen molar-refractivity contribution >= 4 is 0 Å². The Balaban J connectivity index is 0. The molecule has 0 rings (SSSR count). The molecule has 0 amide bonds. The molecular formula is CrFeMnNiO. The monoisotopic (exact) mass is 237 g/mol. The minimum atomic E-state index is 0. The predicted molar refractivity (Wildman–Crippen MR) is 0.686 cm³/mol. The van der Waals surface area contributed by atoms with E-state index < -0.39 is 0 Å². The van der Waals surface area contributed by atoms with Crippen LogP contribution in [-0.2, 0) is 73.5 Å². The van der Waals surface area contributed by atoms with Crippen LogP contribution in [0.1, 0.15) is 0 Å². The Morgan fingerprint density at radius 3 is 1.00 bits per heavy atom. The van der Waals surface area contributed by atoms with Crippen molar-refractivity contribution in [3.8, 4) is 0 Å². The molecule has 0 unspecified atom stereocenters. The third-order valence-corrected chi connectivity index (χ3v) is 0. The maximum atomic E-state index is 0. The van der Waals surface area contributed by atoms with E-state index in [0.29, 0.717) is 0 Å². The molecule has 0 aromatic heterocycles. The molecule has 5 heteroatoms. The quantitative estimate of drug-likeness (QED) is 0.525. The van der Waals surface area contributed by atoms with Crippen LogP contribution in [0, 0.1) is 0 Å². The maximum Gasteiger partial charge on any atom is 2.00 e. The van der Waals surface area contributed by atoms with Crippen LogP contribution in [0.4, 0.5) is 0 Å².